The van der Waals surface area contributed by atoms with Crippen molar-refractivity contribution < 1.29 is 4.92 Å². The normalized spacial score (nSPS) is 16.7. The van der Waals surface area contributed by atoms with E-state index in [1.807, 2.05) is 11.9 Å². The fraction of sp³-hybridized carbons (Fsp3) is 0.692. The number of nitro groups is 1. The summed E-state index contributed by atoms with van der Waals surface area (Å²) in [5.41, 5.74) is -0.0552. The molecule has 0 atom stereocenters. The number of rotatable bonds is 5. The van der Waals surface area contributed by atoms with Crippen LogP contribution in [0.2, 0.25) is 0 Å². The van der Waals surface area contributed by atoms with E-state index in [1.165, 1.54) is 6.33 Å². The molecule has 0 aromatic carbocycles. The third kappa shape index (κ3) is 3.21. The van der Waals surface area contributed by atoms with E-state index in [2.05, 4.69) is 27.1 Å². The van der Waals surface area contributed by atoms with Gasteiger partial charge >= 0.3 is 5.69 Å². The molecule has 1 aliphatic rings. The Morgan fingerprint density at radius 2 is 2.14 bits per heavy atom. The van der Waals surface area contributed by atoms with Gasteiger partial charge in [-0.15, -0.1) is 0 Å². The average molecular weight is 294 g/mol. The van der Waals surface area contributed by atoms with E-state index < -0.39 is 4.92 Å². The molecule has 8 nitrogen and oxygen atoms in total. The molecule has 1 saturated heterocycles. The van der Waals surface area contributed by atoms with Crippen molar-refractivity contribution in [2.45, 2.75) is 25.8 Å². The molecule has 1 aromatic rings. The van der Waals surface area contributed by atoms with Crippen LogP contribution in [0.3, 0.4) is 0 Å². The number of hydrogen-bond donors (Lipinski definition) is 1. The molecule has 0 amide bonds. The number of nitrogens with zero attached hydrogens (tertiary/aromatic N) is 5. The van der Waals surface area contributed by atoms with Crippen molar-refractivity contribution >= 4 is 17.3 Å². The Morgan fingerprint density at radius 1 is 1.48 bits per heavy atom. The molecule has 0 unspecified atom stereocenters. The Bertz CT molecular complexity index is 501. The van der Waals surface area contributed by atoms with Gasteiger partial charge in [0.05, 0.1) is 4.92 Å². The first kappa shape index (κ1) is 15.4. The SMILES string of the molecule is CCN1CCC(N(C)c2ncnc(NC)c2[N+](=O)[O-])CC1. The first-order chi connectivity index (χ1) is 10.1. The van der Waals surface area contributed by atoms with Crippen LogP contribution in [0.4, 0.5) is 17.3 Å². The minimum Gasteiger partial charge on any atom is -0.367 e. The minimum absolute atomic E-state index is 0.0552. The maximum Gasteiger partial charge on any atom is 0.353 e. The van der Waals surface area contributed by atoms with Crippen LogP contribution in [0, 0.1) is 10.1 Å². The van der Waals surface area contributed by atoms with Crippen molar-refractivity contribution in [3.63, 3.8) is 0 Å². The van der Waals surface area contributed by atoms with E-state index >= 15 is 0 Å². The standard InChI is InChI=1S/C13H22N6O2/c1-4-18-7-5-10(6-8-18)17(3)13-11(19(20)21)12(14-2)15-9-16-13/h9-10H,4-8H2,1-3H3,(H,14,15,16). The van der Waals surface area contributed by atoms with Crippen molar-refractivity contribution in [1.29, 1.82) is 0 Å². The van der Waals surface area contributed by atoms with E-state index in [-0.39, 0.29) is 17.5 Å². The topological polar surface area (TPSA) is 87.4 Å². The summed E-state index contributed by atoms with van der Waals surface area (Å²) in [5, 5.41) is 14.1. The van der Waals surface area contributed by atoms with Crippen LogP contribution in [0.1, 0.15) is 19.8 Å². The van der Waals surface area contributed by atoms with Crippen molar-refractivity contribution in [1.82, 2.24) is 14.9 Å². The highest BCUT2D eigenvalue weighted by Crippen LogP contribution is 2.33. The quantitative estimate of drug-likeness (QED) is 0.647. The Balaban J connectivity index is 2.23. The summed E-state index contributed by atoms with van der Waals surface area (Å²) < 4.78 is 0. The molecular weight excluding hydrogens is 272 g/mol. The second kappa shape index (κ2) is 6.66. The van der Waals surface area contributed by atoms with Gasteiger partial charge in [0.15, 0.2) is 0 Å². The van der Waals surface area contributed by atoms with E-state index in [1.54, 1.807) is 7.05 Å². The molecule has 0 radical (unpaired) electrons. The average Bonchev–Trinajstić information content (AvgIpc) is 2.53. The van der Waals surface area contributed by atoms with Gasteiger partial charge in [0, 0.05) is 33.2 Å². The molecule has 0 spiro atoms. The van der Waals surface area contributed by atoms with Crippen molar-refractivity contribution in [2.75, 3.05) is 43.9 Å². The van der Waals surface area contributed by atoms with Gasteiger partial charge in [-0.3, -0.25) is 10.1 Å². The first-order valence-electron chi connectivity index (χ1n) is 7.20. The zero-order valence-electron chi connectivity index (χ0n) is 12.7. The molecule has 1 N–H and O–H groups in total. The predicted octanol–water partition coefficient (Wildman–Crippen LogP) is 1.35. The van der Waals surface area contributed by atoms with Gasteiger partial charge in [-0.05, 0) is 19.4 Å². The van der Waals surface area contributed by atoms with Gasteiger partial charge in [-0.25, -0.2) is 9.97 Å². The lowest BCUT2D eigenvalue weighted by atomic mass is 10.0. The molecule has 1 aromatic heterocycles. The Kier molecular flexibility index (Phi) is 4.89. The monoisotopic (exact) mass is 294 g/mol. The smallest absolute Gasteiger partial charge is 0.353 e. The molecule has 1 fully saturated rings. The van der Waals surface area contributed by atoms with Crippen LogP contribution >= 0.6 is 0 Å². The molecule has 0 aliphatic carbocycles. The zero-order valence-corrected chi connectivity index (χ0v) is 12.7. The van der Waals surface area contributed by atoms with E-state index in [0.717, 1.165) is 32.5 Å². The fourth-order valence-corrected chi connectivity index (χ4v) is 2.77. The van der Waals surface area contributed by atoms with E-state index in [0.29, 0.717) is 5.82 Å². The Morgan fingerprint density at radius 3 is 2.67 bits per heavy atom. The lowest BCUT2D eigenvalue weighted by Gasteiger charge is -2.36. The number of anilines is 2. The third-order valence-electron chi connectivity index (χ3n) is 4.11. The van der Waals surface area contributed by atoms with E-state index in [9.17, 15) is 10.1 Å². The predicted molar refractivity (Wildman–Crippen MR) is 81.8 cm³/mol. The number of piperidine rings is 1. The molecule has 0 saturated carbocycles. The highest BCUT2D eigenvalue weighted by molar-refractivity contribution is 5.70. The first-order valence-corrected chi connectivity index (χ1v) is 7.20. The van der Waals surface area contributed by atoms with Gasteiger partial charge in [0.2, 0.25) is 11.6 Å². The van der Waals surface area contributed by atoms with Gasteiger partial charge in [-0.1, -0.05) is 6.92 Å². The summed E-state index contributed by atoms with van der Waals surface area (Å²) in [4.78, 5) is 23.3. The summed E-state index contributed by atoms with van der Waals surface area (Å²) in [7, 11) is 3.50. The van der Waals surface area contributed by atoms with Gasteiger partial charge in [-0.2, -0.15) is 0 Å². The number of aromatic nitrogens is 2. The van der Waals surface area contributed by atoms with Gasteiger partial charge in [0.25, 0.3) is 0 Å². The molecule has 2 rings (SSSR count). The lowest BCUT2D eigenvalue weighted by molar-refractivity contribution is -0.383. The Labute approximate surface area is 124 Å². The van der Waals surface area contributed by atoms with Crippen molar-refractivity contribution in [3.05, 3.63) is 16.4 Å². The lowest BCUT2D eigenvalue weighted by Crippen LogP contribution is -2.43. The summed E-state index contributed by atoms with van der Waals surface area (Å²) in [5.74, 6) is 0.636. The van der Waals surface area contributed by atoms with E-state index in [4.69, 9.17) is 0 Å². The van der Waals surface area contributed by atoms with Crippen LogP contribution < -0.4 is 10.2 Å². The van der Waals surface area contributed by atoms with Gasteiger partial charge in [0.1, 0.15) is 6.33 Å². The minimum atomic E-state index is -0.418. The number of hydrogen-bond acceptors (Lipinski definition) is 7. The van der Waals surface area contributed by atoms with Crippen molar-refractivity contribution in [2.24, 2.45) is 0 Å². The van der Waals surface area contributed by atoms with Crippen LogP contribution in [0.5, 0.6) is 0 Å². The zero-order chi connectivity index (χ0) is 15.4. The summed E-state index contributed by atoms with van der Waals surface area (Å²) in [6, 6.07) is 0.270. The maximum absolute atomic E-state index is 11.3. The summed E-state index contributed by atoms with van der Waals surface area (Å²) in [6.07, 6.45) is 3.34. The third-order valence-corrected chi connectivity index (χ3v) is 4.11. The second-order valence-electron chi connectivity index (χ2n) is 5.18. The highest BCUT2D eigenvalue weighted by Gasteiger charge is 2.30. The van der Waals surface area contributed by atoms with Crippen LogP contribution in [0.15, 0.2) is 6.33 Å². The summed E-state index contributed by atoms with van der Waals surface area (Å²) in [6.45, 7) is 5.24. The second-order valence-corrected chi connectivity index (χ2v) is 5.18. The molecule has 2 heterocycles. The van der Waals surface area contributed by atoms with Gasteiger partial charge < -0.3 is 15.1 Å². The molecular formula is C13H22N6O2. The summed E-state index contributed by atoms with van der Waals surface area (Å²) >= 11 is 0. The maximum atomic E-state index is 11.3. The molecule has 0 bridgehead atoms. The molecule has 1 aliphatic heterocycles. The Hall–Kier alpha value is -1.96. The molecule has 8 heteroatoms. The number of likely N-dealkylation sites (tertiary alicyclic amines) is 1. The number of nitrogens with one attached hydrogen (secondary N) is 1. The van der Waals surface area contributed by atoms with Crippen molar-refractivity contribution in [3.8, 4) is 0 Å². The highest BCUT2D eigenvalue weighted by atomic mass is 16.6. The fourth-order valence-electron chi connectivity index (χ4n) is 2.77. The van der Waals surface area contributed by atoms with Crippen LogP contribution in [-0.4, -0.2) is 59.6 Å². The van der Waals surface area contributed by atoms with Crippen LogP contribution in [-0.2, 0) is 0 Å². The largest absolute Gasteiger partial charge is 0.367 e. The molecule has 21 heavy (non-hydrogen) atoms. The van der Waals surface area contributed by atoms with Crippen LogP contribution in [0.25, 0.3) is 0 Å². The molecule has 116 valence electrons.